The van der Waals surface area contributed by atoms with Crippen molar-refractivity contribution in [1.82, 2.24) is 19.7 Å². The Morgan fingerprint density at radius 3 is 2.63 bits per heavy atom. The Labute approximate surface area is 183 Å². The molecule has 1 atom stereocenters. The van der Waals surface area contributed by atoms with E-state index >= 15 is 0 Å². The fourth-order valence-corrected chi connectivity index (χ4v) is 3.70. The van der Waals surface area contributed by atoms with Gasteiger partial charge >= 0.3 is 0 Å². The molecule has 0 aliphatic heterocycles. The largest absolute Gasteiger partial charge is 0.351 e. The van der Waals surface area contributed by atoms with Gasteiger partial charge in [-0.1, -0.05) is 49.4 Å². The van der Waals surface area contributed by atoms with Gasteiger partial charge in [-0.3, -0.25) is 9.36 Å². The normalized spacial score (nSPS) is 12.0. The number of carbonyl (C=O) groups excluding carboxylic acids is 1. The minimum absolute atomic E-state index is 0.0449. The van der Waals surface area contributed by atoms with Crippen molar-refractivity contribution in [3.05, 3.63) is 76.3 Å². The number of nitrogens with zero attached hydrogens (tertiary/aromatic N) is 3. The van der Waals surface area contributed by atoms with E-state index in [1.165, 1.54) is 11.1 Å². The number of benzene rings is 2. The number of carbonyl (C=O) groups is 1. The molecule has 6 nitrogen and oxygen atoms in total. The van der Waals surface area contributed by atoms with Crippen molar-refractivity contribution < 1.29 is 9.69 Å². The van der Waals surface area contributed by atoms with E-state index in [0.717, 1.165) is 22.8 Å². The van der Waals surface area contributed by atoms with E-state index in [4.69, 9.17) is 17.3 Å². The van der Waals surface area contributed by atoms with Crippen LogP contribution in [0, 0.1) is 11.7 Å². The number of quaternary nitrogens is 1. The van der Waals surface area contributed by atoms with Gasteiger partial charge < -0.3 is 10.2 Å². The number of nitrogens with one attached hydrogen (secondary N) is 2. The van der Waals surface area contributed by atoms with E-state index in [9.17, 15) is 4.79 Å². The average molecular weight is 425 g/mol. The molecule has 158 valence electrons. The van der Waals surface area contributed by atoms with Crippen LogP contribution in [0.3, 0.4) is 0 Å². The van der Waals surface area contributed by atoms with Crippen molar-refractivity contribution in [3.8, 4) is 5.69 Å². The highest BCUT2D eigenvalue weighted by molar-refractivity contribution is 7.71. The zero-order chi connectivity index (χ0) is 21.5. The Bertz CT molecular complexity index is 1040. The second-order valence-electron chi connectivity index (χ2n) is 7.68. The minimum Gasteiger partial charge on any atom is -0.351 e. The third-order valence-electron chi connectivity index (χ3n) is 4.83. The van der Waals surface area contributed by atoms with Gasteiger partial charge in [-0.05, 0) is 48.8 Å². The highest BCUT2D eigenvalue weighted by atomic mass is 32.1. The molecule has 0 spiro atoms. The number of aromatic nitrogens is 3. The first-order valence-electron chi connectivity index (χ1n) is 10.4. The molecular weight excluding hydrogens is 394 g/mol. The lowest BCUT2D eigenvalue weighted by Crippen LogP contribution is -3.09. The van der Waals surface area contributed by atoms with Crippen LogP contribution in [0.15, 0.2) is 54.6 Å². The summed E-state index contributed by atoms with van der Waals surface area (Å²) in [4.78, 5) is 13.1. The molecule has 3 aromatic rings. The summed E-state index contributed by atoms with van der Waals surface area (Å²) in [5.74, 6) is 0.934. The van der Waals surface area contributed by atoms with Crippen LogP contribution in [-0.2, 0) is 17.9 Å². The standard InChI is InChI=1S/C23H29N5OS/c1-4-13-24-22(29)16-26(3)17-27-23(30)28(20-12-8-9-18(2)14-20)21(25-27)15-19-10-6-5-7-11-19/h5-12,14H,4,13,15-17H2,1-3H3,(H,24,29)/p+1. The van der Waals surface area contributed by atoms with Crippen LogP contribution in [0.2, 0.25) is 0 Å². The Hall–Kier alpha value is -2.77. The van der Waals surface area contributed by atoms with Crippen LogP contribution in [-0.4, -0.2) is 40.4 Å². The molecular formula is C23H30N5OS+. The molecule has 1 aromatic heterocycles. The first kappa shape index (κ1) is 21.9. The van der Waals surface area contributed by atoms with Gasteiger partial charge in [0, 0.05) is 18.7 Å². The number of amides is 1. The fourth-order valence-electron chi connectivity index (χ4n) is 3.39. The summed E-state index contributed by atoms with van der Waals surface area (Å²) in [7, 11) is 1.98. The molecule has 0 aliphatic rings. The molecule has 2 aromatic carbocycles. The van der Waals surface area contributed by atoms with Crippen LogP contribution in [0.4, 0.5) is 0 Å². The molecule has 0 fully saturated rings. The van der Waals surface area contributed by atoms with Crippen molar-refractivity contribution in [2.24, 2.45) is 0 Å². The first-order valence-corrected chi connectivity index (χ1v) is 10.8. The molecule has 0 radical (unpaired) electrons. The van der Waals surface area contributed by atoms with E-state index in [0.29, 0.717) is 31.0 Å². The molecule has 3 rings (SSSR count). The van der Waals surface area contributed by atoms with E-state index in [-0.39, 0.29) is 5.91 Å². The summed E-state index contributed by atoms with van der Waals surface area (Å²) in [6.07, 6.45) is 1.61. The zero-order valence-corrected chi connectivity index (χ0v) is 18.7. The topological polar surface area (TPSA) is 56.3 Å². The number of hydrogen-bond acceptors (Lipinski definition) is 3. The molecule has 1 unspecified atom stereocenters. The summed E-state index contributed by atoms with van der Waals surface area (Å²) in [6.45, 7) is 5.73. The third kappa shape index (κ3) is 5.64. The molecule has 1 heterocycles. The second kappa shape index (κ2) is 10.3. The molecule has 30 heavy (non-hydrogen) atoms. The quantitative estimate of drug-likeness (QED) is 0.518. The molecule has 0 saturated carbocycles. The lowest BCUT2D eigenvalue weighted by Gasteiger charge is -2.13. The molecule has 0 bridgehead atoms. The van der Waals surface area contributed by atoms with Gasteiger partial charge in [-0.2, -0.15) is 9.78 Å². The van der Waals surface area contributed by atoms with Crippen LogP contribution >= 0.6 is 12.2 Å². The van der Waals surface area contributed by atoms with Crippen molar-refractivity contribution >= 4 is 18.1 Å². The second-order valence-corrected chi connectivity index (χ2v) is 8.04. The number of likely N-dealkylation sites (N-methyl/N-ethyl adjacent to an activating group) is 1. The molecule has 2 N–H and O–H groups in total. The molecule has 1 amide bonds. The van der Waals surface area contributed by atoms with Crippen molar-refractivity contribution in [2.75, 3.05) is 20.1 Å². The maximum absolute atomic E-state index is 12.1. The minimum atomic E-state index is 0.0449. The number of aryl methyl sites for hydroxylation is 1. The van der Waals surface area contributed by atoms with Crippen molar-refractivity contribution in [3.63, 3.8) is 0 Å². The van der Waals surface area contributed by atoms with Gasteiger partial charge in [0.2, 0.25) is 4.77 Å². The maximum Gasteiger partial charge on any atom is 0.275 e. The van der Waals surface area contributed by atoms with Gasteiger partial charge in [0.25, 0.3) is 5.91 Å². The maximum atomic E-state index is 12.1. The first-order chi connectivity index (χ1) is 14.5. The van der Waals surface area contributed by atoms with E-state index in [1.54, 1.807) is 0 Å². The Kier molecular flexibility index (Phi) is 7.54. The molecule has 7 heteroatoms. The van der Waals surface area contributed by atoms with Crippen LogP contribution in [0.25, 0.3) is 5.69 Å². The summed E-state index contributed by atoms with van der Waals surface area (Å²) >= 11 is 5.81. The lowest BCUT2D eigenvalue weighted by atomic mass is 10.1. The van der Waals surface area contributed by atoms with Gasteiger partial charge in [-0.25, -0.2) is 0 Å². The number of hydrogen-bond donors (Lipinski definition) is 2. The van der Waals surface area contributed by atoms with Gasteiger partial charge in [-0.15, -0.1) is 0 Å². The third-order valence-corrected chi connectivity index (χ3v) is 5.22. The van der Waals surface area contributed by atoms with Gasteiger partial charge in [0.05, 0.1) is 7.05 Å². The van der Waals surface area contributed by atoms with Crippen molar-refractivity contribution in [1.29, 1.82) is 0 Å². The summed E-state index contributed by atoms with van der Waals surface area (Å²) in [5.41, 5.74) is 3.36. The summed E-state index contributed by atoms with van der Waals surface area (Å²) < 4.78 is 4.51. The molecule has 0 aliphatic carbocycles. The predicted octanol–water partition coefficient (Wildman–Crippen LogP) is 2.30. The molecule has 0 saturated heterocycles. The summed E-state index contributed by atoms with van der Waals surface area (Å²) in [6, 6.07) is 18.5. The lowest BCUT2D eigenvalue weighted by molar-refractivity contribution is -0.895. The highest BCUT2D eigenvalue weighted by Crippen LogP contribution is 2.17. The van der Waals surface area contributed by atoms with Crippen molar-refractivity contribution in [2.45, 2.75) is 33.4 Å². The Morgan fingerprint density at radius 2 is 1.93 bits per heavy atom. The van der Waals surface area contributed by atoms with E-state index < -0.39 is 0 Å². The Balaban J connectivity index is 1.90. The smallest absolute Gasteiger partial charge is 0.275 e. The van der Waals surface area contributed by atoms with Gasteiger partial charge in [0.1, 0.15) is 5.82 Å². The number of rotatable bonds is 9. The monoisotopic (exact) mass is 424 g/mol. The average Bonchev–Trinajstić information content (AvgIpc) is 3.01. The van der Waals surface area contributed by atoms with Crippen LogP contribution < -0.4 is 10.2 Å². The summed E-state index contributed by atoms with van der Waals surface area (Å²) in [5, 5.41) is 7.77. The zero-order valence-electron chi connectivity index (χ0n) is 17.9. The van der Waals surface area contributed by atoms with Crippen LogP contribution in [0.5, 0.6) is 0 Å². The van der Waals surface area contributed by atoms with E-state index in [1.807, 2.05) is 47.5 Å². The van der Waals surface area contributed by atoms with Crippen LogP contribution in [0.1, 0.15) is 30.3 Å². The van der Waals surface area contributed by atoms with Gasteiger partial charge in [0.15, 0.2) is 13.2 Å². The van der Waals surface area contributed by atoms with E-state index in [2.05, 4.69) is 42.6 Å². The Morgan fingerprint density at radius 1 is 1.17 bits per heavy atom. The fraction of sp³-hybridized carbons (Fsp3) is 0.348. The highest BCUT2D eigenvalue weighted by Gasteiger charge is 2.17. The SMILES string of the molecule is CCCNC(=O)C[NH+](C)Cn1nc(Cc2ccccc2)n(-c2cccc(C)c2)c1=S. The predicted molar refractivity (Wildman–Crippen MR) is 121 cm³/mol.